The lowest BCUT2D eigenvalue weighted by Crippen LogP contribution is -2.43. The normalized spacial score (nSPS) is 11.7. The van der Waals surface area contributed by atoms with Crippen molar-refractivity contribution in [2.75, 3.05) is 0 Å². The second-order valence-corrected chi connectivity index (χ2v) is 5.71. The molecule has 1 atom stereocenters. The summed E-state index contributed by atoms with van der Waals surface area (Å²) < 4.78 is 5.07. The number of benzene rings is 2. The SMILES string of the molecule is C[C@@H](NC(=O)OCc1ccccc1)C(=O)N/C=C/Cc1ccc(O)cc1. The number of ether oxygens (including phenoxy) is 1. The van der Waals surface area contributed by atoms with Crippen molar-refractivity contribution < 1.29 is 19.4 Å². The molecule has 0 aromatic heterocycles. The first-order chi connectivity index (χ1) is 12.5. The number of hydrogen-bond donors (Lipinski definition) is 3. The number of alkyl carbamates (subject to hydrolysis) is 1. The Morgan fingerprint density at radius 3 is 2.46 bits per heavy atom. The predicted octanol–water partition coefficient (Wildman–Crippen LogP) is 2.88. The third-order valence-corrected chi connectivity index (χ3v) is 3.57. The number of hydrogen-bond acceptors (Lipinski definition) is 4. The Balaban J connectivity index is 1.68. The highest BCUT2D eigenvalue weighted by molar-refractivity contribution is 5.85. The van der Waals surface area contributed by atoms with Gasteiger partial charge < -0.3 is 20.5 Å². The van der Waals surface area contributed by atoms with E-state index in [-0.39, 0.29) is 18.3 Å². The molecule has 0 bridgehead atoms. The summed E-state index contributed by atoms with van der Waals surface area (Å²) in [6.07, 6.45) is 3.28. The molecule has 136 valence electrons. The van der Waals surface area contributed by atoms with Crippen LogP contribution in [0.15, 0.2) is 66.9 Å². The van der Waals surface area contributed by atoms with Crippen LogP contribution in [-0.2, 0) is 22.6 Å². The van der Waals surface area contributed by atoms with Crippen LogP contribution in [0.3, 0.4) is 0 Å². The number of carbonyl (C=O) groups is 2. The van der Waals surface area contributed by atoms with E-state index in [0.717, 1.165) is 11.1 Å². The van der Waals surface area contributed by atoms with Crippen LogP contribution >= 0.6 is 0 Å². The van der Waals surface area contributed by atoms with Gasteiger partial charge in [-0.05, 0) is 36.6 Å². The molecule has 6 heteroatoms. The first-order valence-electron chi connectivity index (χ1n) is 8.25. The predicted molar refractivity (Wildman–Crippen MR) is 98.3 cm³/mol. The van der Waals surface area contributed by atoms with Gasteiger partial charge in [-0.2, -0.15) is 0 Å². The van der Waals surface area contributed by atoms with Gasteiger partial charge in [0.25, 0.3) is 0 Å². The summed E-state index contributed by atoms with van der Waals surface area (Å²) in [5.74, 6) is -0.131. The second-order valence-electron chi connectivity index (χ2n) is 5.71. The topological polar surface area (TPSA) is 87.7 Å². The average molecular weight is 354 g/mol. The lowest BCUT2D eigenvalue weighted by atomic mass is 10.1. The van der Waals surface area contributed by atoms with E-state index in [0.29, 0.717) is 6.42 Å². The summed E-state index contributed by atoms with van der Waals surface area (Å²) in [5.41, 5.74) is 1.88. The van der Waals surface area contributed by atoms with E-state index in [2.05, 4.69) is 10.6 Å². The monoisotopic (exact) mass is 354 g/mol. The zero-order chi connectivity index (χ0) is 18.8. The molecule has 3 N–H and O–H groups in total. The number of carbonyl (C=O) groups excluding carboxylic acids is 2. The van der Waals surface area contributed by atoms with Crippen molar-refractivity contribution in [2.45, 2.75) is 26.0 Å². The maximum Gasteiger partial charge on any atom is 0.408 e. The zero-order valence-corrected chi connectivity index (χ0v) is 14.5. The van der Waals surface area contributed by atoms with Gasteiger partial charge in [-0.3, -0.25) is 4.79 Å². The van der Waals surface area contributed by atoms with E-state index in [4.69, 9.17) is 4.74 Å². The van der Waals surface area contributed by atoms with Gasteiger partial charge in [0.1, 0.15) is 18.4 Å². The Bertz CT molecular complexity index is 742. The molecule has 2 amide bonds. The Labute approximate surface area is 152 Å². The summed E-state index contributed by atoms with van der Waals surface area (Å²) >= 11 is 0. The summed E-state index contributed by atoms with van der Waals surface area (Å²) in [6, 6.07) is 15.4. The van der Waals surface area contributed by atoms with Gasteiger partial charge in [-0.25, -0.2) is 4.79 Å². The van der Waals surface area contributed by atoms with Crippen LogP contribution in [0.25, 0.3) is 0 Å². The molecule has 0 spiro atoms. The smallest absolute Gasteiger partial charge is 0.408 e. The van der Waals surface area contributed by atoms with Crippen LogP contribution in [0.4, 0.5) is 4.79 Å². The van der Waals surface area contributed by atoms with Gasteiger partial charge in [-0.1, -0.05) is 48.5 Å². The molecular weight excluding hydrogens is 332 g/mol. The minimum atomic E-state index is -0.725. The quantitative estimate of drug-likeness (QED) is 0.713. The first kappa shape index (κ1) is 19.1. The minimum Gasteiger partial charge on any atom is -0.508 e. The van der Waals surface area contributed by atoms with Crippen molar-refractivity contribution in [1.82, 2.24) is 10.6 Å². The Hall–Kier alpha value is -3.28. The van der Waals surface area contributed by atoms with Crippen molar-refractivity contribution in [3.63, 3.8) is 0 Å². The lowest BCUT2D eigenvalue weighted by molar-refractivity contribution is -0.121. The average Bonchev–Trinajstić information content (AvgIpc) is 2.65. The second kappa shape index (κ2) is 9.88. The fourth-order valence-corrected chi connectivity index (χ4v) is 2.10. The number of phenolic OH excluding ortho intramolecular Hbond substituents is 1. The van der Waals surface area contributed by atoms with E-state index in [1.807, 2.05) is 30.3 Å². The number of nitrogens with one attached hydrogen (secondary N) is 2. The summed E-state index contributed by atoms with van der Waals surface area (Å²) in [6.45, 7) is 1.72. The molecule has 0 saturated heterocycles. The van der Waals surface area contributed by atoms with E-state index >= 15 is 0 Å². The van der Waals surface area contributed by atoms with E-state index in [1.165, 1.54) is 6.20 Å². The van der Waals surface area contributed by atoms with E-state index in [1.54, 1.807) is 37.3 Å². The molecule has 26 heavy (non-hydrogen) atoms. The number of allylic oxidation sites excluding steroid dienone is 1. The van der Waals surface area contributed by atoms with Crippen molar-refractivity contribution in [3.8, 4) is 5.75 Å². The van der Waals surface area contributed by atoms with Crippen LogP contribution in [0.1, 0.15) is 18.1 Å². The summed E-state index contributed by atoms with van der Waals surface area (Å²) in [5, 5.41) is 14.3. The molecule has 6 nitrogen and oxygen atoms in total. The molecule has 0 aliphatic rings. The number of amides is 2. The third kappa shape index (κ3) is 6.68. The summed E-state index contributed by atoms with van der Waals surface area (Å²) in [4.78, 5) is 23.7. The Kier molecular flexibility index (Phi) is 7.24. The van der Waals surface area contributed by atoms with Crippen LogP contribution in [0, 0.1) is 0 Å². The fraction of sp³-hybridized carbons (Fsp3) is 0.200. The molecule has 2 rings (SSSR count). The van der Waals surface area contributed by atoms with Crippen molar-refractivity contribution in [3.05, 3.63) is 78.0 Å². The first-order valence-corrected chi connectivity index (χ1v) is 8.25. The maximum absolute atomic E-state index is 11.9. The van der Waals surface area contributed by atoms with Gasteiger partial charge >= 0.3 is 6.09 Å². The van der Waals surface area contributed by atoms with Crippen molar-refractivity contribution in [2.24, 2.45) is 0 Å². The number of phenols is 1. The number of aromatic hydroxyl groups is 1. The molecule has 2 aromatic carbocycles. The Morgan fingerprint density at radius 2 is 1.77 bits per heavy atom. The molecule has 2 aromatic rings. The molecule has 0 unspecified atom stereocenters. The van der Waals surface area contributed by atoms with Crippen LogP contribution in [0.5, 0.6) is 5.75 Å². The van der Waals surface area contributed by atoms with E-state index in [9.17, 15) is 14.7 Å². The molecule has 0 aliphatic carbocycles. The zero-order valence-electron chi connectivity index (χ0n) is 14.5. The van der Waals surface area contributed by atoms with E-state index < -0.39 is 12.1 Å². The Morgan fingerprint density at radius 1 is 1.08 bits per heavy atom. The number of rotatable bonds is 7. The van der Waals surface area contributed by atoms with Gasteiger partial charge in [0.2, 0.25) is 5.91 Å². The molecular formula is C20H22N2O4. The molecule has 0 radical (unpaired) electrons. The molecule has 0 fully saturated rings. The van der Waals surface area contributed by atoms with Gasteiger partial charge in [0.15, 0.2) is 0 Å². The van der Waals surface area contributed by atoms with Crippen LogP contribution in [-0.4, -0.2) is 23.1 Å². The lowest BCUT2D eigenvalue weighted by Gasteiger charge is -2.12. The molecule has 0 aliphatic heterocycles. The third-order valence-electron chi connectivity index (χ3n) is 3.57. The largest absolute Gasteiger partial charge is 0.508 e. The molecule has 0 saturated carbocycles. The maximum atomic E-state index is 11.9. The van der Waals surface area contributed by atoms with Gasteiger partial charge in [0, 0.05) is 6.20 Å². The van der Waals surface area contributed by atoms with Crippen LogP contribution < -0.4 is 10.6 Å². The van der Waals surface area contributed by atoms with Crippen LogP contribution in [0.2, 0.25) is 0 Å². The summed E-state index contributed by atoms with van der Waals surface area (Å²) in [7, 11) is 0. The highest BCUT2D eigenvalue weighted by Crippen LogP contribution is 2.10. The van der Waals surface area contributed by atoms with Gasteiger partial charge in [-0.15, -0.1) is 0 Å². The fourth-order valence-electron chi connectivity index (χ4n) is 2.10. The van der Waals surface area contributed by atoms with Crippen molar-refractivity contribution >= 4 is 12.0 Å². The minimum absolute atomic E-state index is 0.146. The molecule has 0 heterocycles. The highest BCUT2D eigenvalue weighted by Gasteiger charge is 2.15. The van der Waals surface area contributed by atoms with Crippen molar-refractivity contribution in [1.29, 1.82) is 0 Å². The van der Waals surface area contributed by atoms with Gasteiger partial charge in [0.05, 0.1) is 0 Å². The standard InChI is InChI=1S/C20H22N2O4/c1-15(22-20(25)26-14-17-6-3-2-4-7-17)19(24)21-13-5-8-16-9-11-18(23)12-10-16/h2-7,9-13,15,23H,8,14H2,1H3,(H,21,24)(H,22,25)/b13-5+/t15-/m1/s1. The highest BCUT2D eigenvalue weighted by atomic mass is 16.5.